The van der Waals surface area contributed by atoms with Crippen molar-refractivity contribution in [1.82, 2.24) is 0 Å². The Morgan fingerprint density at radius 1 is 0.833 bits per heavy atom. The van der Waals surface area contributed by atoms with Gasteiger partial charge in [-0.2, -0.15) is 5.10 Å². The van der Waals surface area contributed by atoms with Gasteiger partial charge >= 0.3 is 0 Å². The van der Waals surface area contributed by atoms with Gasteiger partial charge in [0, 0.05) is 16.3 Å². The number of hydrogen-bond acceptors (Lipinski definition) is 2. The fourth-order valence-corrected chi connectivity index (χ4v) is 2.65. The molecule has 0 saturated heterocycles. The molecule has 2 N–H and O–H groups in total. The van der Waals surface area contributed by atoms with Crippen molar-refractivity contribution in [2.75, 3.05) is 0 Å². The van der Waals surface area contributed by atoms with E-state index in [4.69, 9.17) is 17.4 Å². The third kappa shape index (κ3) is 1.54. The molecule has 0 aliphatic rings. The second-order valence-electron chi connectivity index (χ2n) is 4.10. The normalized spacial score (nSPS) is 11.6. The highest BCUT2D eigenvalue weighted by atomic mass is 35.5. The van der Waals surface area contributed by atoms with Crippen LogP contribution < -0.4 is 5.84 Å². The maximum atomic E-state index is 6.47. The van der Waals surface area contributed by atoms with E-state index in [0.717, 1.165) is 32.1 Å². The van der Waals surface area contributed by atoms with Crippen molar-refractivity contribution >= 4 is 39.4 Å². The molecule has 0 saturated carbocycles. The number of hydrazone groups is 1. The summed E-state index contributed by atoms with van der Waals surface area (Å²) < 4.78 is 0. The van der Waals surface area contributed by atoms with Crippen LogP contribution in [0.3, 0.4) is 0 Å². The smallest absolute Gasteiger partial charge is 0.0563 e. The molecule has 88 valence electrons. The van der Waals surface area contributed by atoms with E-state index in [-0.39, 0.29) is 0 Å². The molecule has 3 aromatic rings. The zero-order chi connectivity index (χ0) is 12.5. The van der Waals surface area contributed by atoms with E-state index in [1.165, 1.54) is 0 Å². The van der Waals surface area contributed by atoms with Crippen LogP contribution in [0.1, 0.15) is 5.56 Å². The molecule has 0 bridgehead atoms. The maximum absolute atomic E-state index is 6.47. The highest BCUT2D eigenvalue weighted by Crippen LogP contribution is 2.35. The van der Waals surface area contributed by atoms with Crippen LogP contribution in [0, 0.1) is 0 Å². The lowest BCUT2D eigenvalue weighted by molar-refractivity contribution is 1.27. The van der Waals surface area contributed by atoms with Crippen LogP contribution in [0.2, 0.25) is 5.02 Å². The zero-order valence-corrected chi connectivity index (χ0v) is 10.4. The highest BCUT2D eigenvalue weighted by molar-refractivity contribution is 6.42. The number of fused-ring (bicyclic) bond motifs is 2. The van der Waals surface area contributed by atoms with E-state index in [9.17, 15) is 0 Å². The molecule has 0 radical (unpaired) electrons. The number of nitrogens with zero attached hydrogens (tertiary/aromatic N) is 1. The van der Waals surface area contributed by atoms with Crippen molar-refractivity contribution < 1.29 is 0 Å². The van der Waals surface area contributed by atoms with E-state index in [2.05, 4.69) is 5.10 Å². The molecule has 0 heterocycles. The molecule has 0 aliphatic heterocycles. The third-order valence-corrected chi connectivity index (χ3v) is 3.52. The van der Waals surface area contributed by atoms with Gasteiger partial charge in [0.05, 0.1) is 11.2 Å². The Balaban J connectivity index is 2.62. The first-order valence-corrected chi connectivity index (χ1v) is 6.03. The molecule has 0 unspecified atom stereocenters. The Morgan fingerprint density at radius 3 is 1.72 bits per heavy atom. The Morgan fingerprint density at radius 2 is 1.28 bits per heavy atom. The van der Waals surface area contributed by atoms with Gasteiger partial charge in [-0.05, 0) is 10.8 Å². The van der Waals surface area contributed by atoms with Gasteiger partial charge in [-0.15, -0.1) is 0 Å². The second-order valence-corrected chi connectivity index (χ2v) is 4.47. The second kappa shape index (κ2) is 4.31. The summed E-state index contributed by atoms with van der Waals surface area (Å²) >= 11 is 6.47. The van der Waals surface area contributed by atoms with Crippen LogP contribution >= 0.6 is 11.6 Å². The maximum Gasteiger partial charge on any atom is 0.0563 e. The van der Waals surface area contributed by atoms with Gasteiger partial charge in [0.15, 0.2) is 0 Å². The van der Waals surface area contributed by atoms with E-state index in [1.54, 1.807) is 6.21 Å². The first kappa shape index (κ1) is 11.1. The molecule has 18 heavy (non-hydrogen) atoms. The van der Waals surface area contributed by atoms with Crippen LogP contribution in [-0.4, -0.2) is 6.21 Å². The molecule has 0 aromatic heterocycles. The number of nitrogens with two attached hydrogens (primary N) is 1. The van der Waals surface area contributed by atoms with E-state index >= 15 is 0 Å². The van der Waals surface area contributed by atoms with Gasteiger partial charge in [0.25, 0.3) is 0 Å². The zero-order valence-electron chi connectivity index (χ0n) is 9.60. The molecular weight excluding hydrogens is 244 g/mol. The van der Waals surface area contributed by atoms with Crippen LogP contribution in [0.25, 0.3) is 21.5 Å². The summed E-state index contributed by atoms with van der Waals surface area (Å²) in [5, 5.41) is 8.61. The van der Waals surface area contributed by atoms with Crippen molar-refractivity contribution in [1.29, 1.82) is 0 Å². The number of benzene rings is 3. The predicted octanol–water partition coefficient (Wildman–Crippen LogP) is 3.94. The quantitative estimate of drug-likeness (QED) is 0.304. The van der Waals surface area contributed by atoms with Crippen LogP contribution in [0.5, 0.6) is 0 Å². The first-order valence-electron chi connectivity index (χ1n) is 5.65. The Kier molecular flexibility index (Phi) is 2.65. The van der Waals surface area contributed by atoms with E-state index < -0.39 is 0 Å². The topological polar surface area (TPSA) is 38.4 Å². The average Bonchev–Trinajstić information content (AvgIpc) is 2.43. The molecule has 0 aliphatic carbocycles. The van der Waals surface area contributed by atoms with Crippen molar-refractivity contribution in [3.63, 3.8) is 0 Å². The summed E-state index contributed by atoms with van der Waals surface area (Å²) in [5.41, 5.74) is 1.01. The van der Waals surface area contributed by atoms with Crippen LogP contribution in [0.4, 0.5) is 0 Å². The van der Waals surface area contributed by atoms with Gasteiger partial charge in [0.1, 0.15) is 0 Å². The van der Waals surface area contributed by atoms with Gasteiger partial charge in [-0.1, -0.05) is 60.1 Å². The van der Waals surface area contributed by atoms with Gasteiger partial charge in [-0.25, -0.2) is 0 Å². The van der Waals surface area contributed by atoms with Gasteiger partial charge < -0.3 is 5.84 Å². The SMILES string of the molecule is N/N=C\c1c2ccccc2c(Cl)c2ccccc12. The monoisotopic (exact) mass is 254 g/mol. The summed E-state index contributed by atoms with van der Waals surface area (Å²) in [5.74, 6) is 5.32. The molecule has 0 spiro atoms. The standard InChI is InChI=1S/C15H11ClN2/c16-15-12-7-3-1-5-10(12)14(9-18-17)11-6-2-4-8-13(11)15/h1-9H,17H2/b18-9-. The molecule has 2 nitrogen and oxygen atoms in total. The van der Waals surface area contributed by atoms with Crippen molar-refractivity contribution in [2.45, 2.75) is 0 Å². The van der Waals surface area contributed by atoms with Gasteiger partial charge in [0.2, 0.25) is 0 Å². The largest absolute Gasteiger partial charge is 0.323 e. The Bertz CT molecular complexity index is 706. The lowest BCUT2D eigenvalue weighted by atomic mass is 9.97. The lowest BCUT2D eigenvalue weighted by Gasteiger charge is -2.10. The van der Waals surface area contributed by atoms with Crippen LogP contribution in [-0.2, 0) is 0 Å². The third-order valence-electron chi connectivity index (χ3n) is 3.11. The van der Waals surface area contributed by atoms with E-state index in [0.29, 0.717) is 0 Å². The van der Waals surface area contributed by atoms with Crippen molar-refractivity contribution in [2.24, 2.45) is 10.9 Å². The summed E-state index contributed by atoms with van der Waals surface area (Å²) in [7, 11) is 0. The highest BCUT2D eigenvalue weighted by Gasteiger charge is 2.10. The summed E-state index contributed by atoms with van der Waals surface area (Å²) in [6.45, 7) is 0. The lowest BCUT2D eigenvalue weighted by Crippen LogP contribution is -1.92. The fraction of sp³-hybridized carbons (Fsp3) is 0. The predicted molar refractivity (Wildman–Crippen MR) is 78.2 cm³/mol. The molecule has 3 heteroatoms. The summed E-state index contributed by atoms with van der Waals surface area (Å²) in [4.78, 5) is 0. The molecule has 3 rings (SSSR count). The van der Waals surface area contributed by atoms with Crippen molar-refractivity contribution in [3.05, 3.63) is 59.1 Å². The molecule has 0 fully saturated rings. The number of halogens is 1. The van der Waals surface area contributed by atoms with E-state index in [1.807, 2.05) is 48.5 Å². The minimum atomic E-state index is 0.773. The molecule has 0 atom stereocenters. The summed E-state index contributed by atoms with van der Waals surface area (Å²) in [6, 6.07) is 16.0. The Labute approximate surface area is 110 Å². The molecule has 3 aromatic carbocycles. The minimum absolute atomic E-state index is 0.773. The average molecular weight is 255 g/mol. The number of rotatable bonds is 1. The van der Waals surface area contributed by atoms with Crippen molar-refractivity contribution in [3.8, 4) is 0 Å². The van der Waals surface area contributed by atoms with Gasteiger partial charge in [-0.3, -0.25) is 0 Å². The molecule has 0 amide bonds. The van der Waals surface area contributed by atoms with Crippen LogP contribution in [0.15, 0.2) is 53.6 Å². The fourth-order valence-electron chi connectivity index (χ4n) is 2.32. The minimum Gasteiger partial charge on any atom is -0.323 e. The first-order chi connectivity index (χ1) is 8.83. The molecular formula is C15H11ClN2. The Hall–Kier alpha value is -2.06. The number of hydrogen-bond donors (Lipinski definition) is 1. The summed E-state index contributed by atoms with van der Waals surface area (Å²) in [6.07, 6.45) is 1.68.